The van der Waals surface area contributed by atoms with Crippen LogP contribution in [0.2, 0.25) is 0 Å². The van der Waals surface area contributed by atoms with Crippen LogP contribution < -0.4 is 26.2 Å². The minimum atomic E-state index is -0.402. The maximum Gasteiger partial charge on any atom is 0.257 e. The van der Waals surface area contributed by atoms with Gasteiger partial charge in [-0.1, -0.05) is 282 Å². The van der Waals surface area contributed by atoms with Gasteiger partial charge < -0.3 is 27.9 Å². The third-order valence-corrected chi connectivity index (χ3v) is 25.3. The highest BCUT2D eigenvalue weighted by Crippen LogP contribution is 2.54. The molecule has 4 aromatic heterocycles. The standard InChI is InChI=1S/C108H100BN5O/c1-103(2,3)67-41-49-87-78(55-67)79-56-68(104(4,5)6)42-50-88(79)110(87)73-47-48-84-93(61-73)113(85-38-28-25-35-75(85)65-31-21-19-22-32-65)95-62-74(111-89-51-43-69(105(7,8)9)57-80(89)81-58-70(106(10,11)12)44-52-90(81)111)63-96-100(95)109(84)101-97(114(96)86-39-29-26-36-76(86)66-33-23-20-24-34-66)64-94(99-77-37-27-30-40-98(77)115-102(99)101)112-91-53-45-71(107(13,14)15)59-82(91)83-60-72(108(16,17)18)46-54-92(83)112/h19-64H,1-18H3. The molecule has 2 aliphatic heterocycles. The van der Waals surface area contributed by atoms with Crippen LogP contribution in [0.25, 0.3) is 127 Å². The average Bonchev–Trinajstić information content (AvgIpc) is 1.66. The van der Waals surface area contributed by atoms with E-state index in [1.54, 1.807) is 0 Å². The summed E-state index contributed by atoms with van der Waals surface area (Å²) >= 11 is 0. The van der Waals surface area contributed by atoms with E-state index in [1.807, 2.05) is 0 Å². The molecule has 7 heteroatoms. The van der Waals surface area contributed by atoms with Crippen LogP contribution in [0.4, 0.5) is 34.1 Å². The number of fused-ring (bicyclic) bond motifs is 17. The van der Waals surface area contributed by atoms with Crippen LogP contribution in [0.3, 0.4) is 0 Å². The third-order valence-electron chi connectivity index (χ3n) is 25.3. The lowest BCUT2D eigenvalue weighted by atomic mass is 9.33. The zero-order valence-corrected chi connectivity index (χ0v) is 69.8. The topological polar surface area (TPSA) is 34.4 Å². The summed E-state index contributed by atoms with van der Waals surface area (Å²) in [6.45, 7) is 41.7. The normalized spacial score (nSPS) is 13.6. The van der Waals surface area contributed by atoms with Crippen molar-refractivity contribution in [1.29, 1.82) is 0 Å². The number of para-hydroxylation sites is 3. The molecule has 115 heavy (non-hydrogen) atoms. The van der Waals surface area contributed by atoms with Gasteiger partial charge in [0.15, 0.2) is 0 Å². The number of hydrogen-bond acceptors (Lipinski definition) is 3. The van der Waals surface area contributed by atoms with E-state index in [0.29, 0.717) is 0 Å². The smallest absolute Gasteiger partial charge is 0.257 e. The second kappa shape index (κ2) is 25.2. The number of hydrogen-bond donors (Lipinski definition) is 0. The van der Waals surface area contributed by atoms with E-state index < -0.39 is 6.71 Å². The van der Waals surface area contributed by atoms with Crippen molar-refractivity contribution in [1.82, 2.24) is 13.7 Å². The quantitative estimate of drug-likeness (QED) is 0.149. The Kier molecular flexibility index (Phi) is 15.8. The van der Waals surface area contributed by atoms with Crippen molar-refractivity contribution in [3.8, 4) is 39.3 Å². The summed E-state index contributed by atoms with van der Waals surface area (Å²) < 4.78 is 15.7. The van der Waals surface area contributed by atoms with Crippen molar-refractivity contribution in [2.45, 2.75) is 157 Å². The van der Waals surface area contributed by atoms with Crippen LogP contribution in [-0.4, -0.2) is 20.4 Å². The second-order valence-electron chi connectivity index (χ2n) is 39.0. The maximum atomic E-state index is 7.98. The van der Waals surface area contributed by atoms with Crippen LogP contribution >= 0.6 is 0 Å². The first-order valence-corrected chi connectivity index (χ1v) is 41.3. The van der Waals surface area contributed by atoms with Crippen LogP contribution in [0, 0.1) is 0 Å². The highest BCUT2D eigenvalue weighted by molar-refractivity contribution is 7.01. The largest absolute Gasteiger partial charge is 0.456 e. The predicted octanol–water partition coefficient (Wildman–Crippen LogP) is 28.1. The Bertz CT molecular complexity index is 6860. The van der Waals surface area contributed by atoms with Crippen molar-refractivity contribution in [3.63, 3.8) is 0 Å². The lowest BCUT2D eigenvalue weighted by Gasteiger charge is -2.45. The van der Waals surface area contributed by atoms with Gasteiger partial charge in [0.05, 0.1) is 61.2 Å². The first-order chi connectivity index (χ1) is 54.8. The summed E-state index contributed by atoms with van der Waals surface area (Å²) in [6.07, 6.45) is 0. The Labute approximate surface area is 677 Å². The third kappa shape index (κ3) is 11.3. The fourth-order valence-electron chi connectivity index (χ4n) is 19.0. The Morgan fingerprint density at radius 3 is 0.974 bits per heavy atom. The molecule has 0 N–H and O–H groups in total. The highest BCUT2D eigenvalue weighted by atomic mass is 16.3. The van der Waals surface area contributed by atoms with Crippen molar-refractivity contribution in [2.24, 2.45) is 0 Å². The van der Waals surface area contributed by atoms with Crippen molar-refractivity contribution in [2.75, 3.05) is 9.80 Å². The molecule has 0 amide bonds. The van der Waals surface area contributed by atoms with Crippen molar-refractivity contribution in [3.05, 3.63) is 312 Å². The summed E-state index contributed by atoms with van der Waals surface area (Å²) in [6, 6.07) is 108. The zero-order chi connectivity index (χ0) is 79.6. The van der Waals surface area contributed by atoms with Gasteiger partial charge in [0.2, 0.25) is 0 Å². The number of benzene rings is 14. The van der Waals surface area contributed by atoms with Gasteiger partial charge in [-0.15, -0.1) is 0 Å². The highest BCUT2D eigenvalue weighted by Gasteiger charge is 2.48. The predicted molar refractivity (Wildman–Crippen MR) is 494 cm³/mol. The molecule has 0 spiro atoms. The van der Waals surface area contributed by atoms with Gasteiger partial charge in [-0.05, 0) is 215 Å². The number of anilines is 6. The Morgan fingerprint density at radius 1 is 0.243 bits per heavy atom. The van der Waals surface area contributed by atoms with Crippen molar-refractivity contribution >= 4 is 145 Å². The monoisotopic (exact) mass is 1490 g/mol. The summed E-state index contributed by atoms with van der Waals surface area (Å²) in [5.74, 6) is 0. The molecule has 0 atom stereocenters. The van der Waals surface area contributed by atoms with E-state index >= 15 is 0 Å². The van der Waals surface area contributed by atoms with Gasteiger partial charge in [-0.3, -0.25) is 0 Å². The molecule has 6 heterocycles. The molecule has 566 valence electrons. The molecule has 0 saturated carbocycles. The number of rotatable bonds is 7. The lowest BCUT2D eigenvalue weighted by Crippen LogP contribution is -2.61. The lowest BCUT2D eigenvalue weighted by molar-refractivity contribution is 0.590. The van der Waals surface area contributed by atoms with E-state index in [1.165, 1.54) is 87.7 Å². The van der Waals surface area contributed by atoms with Gasteiger partial charge in [0.25, 0.3) is 6.71 Å². The SMILES string of the molecule is CC(C)(C)c1ccc2c(c1)c1cc(C(C)(C)C)ccc1n2-c1ccc2c(c1)N(c1ccccc1-c1ccccc1)c1cc(-n3c4ccc(C(C)(C)C)cc4c4cc(C(C)(C)C)ccc43)cc3c1B2c1c(cc(-n2c4ccc(C(C)(C)C)cc4c4cc(C(C)(C)C)ccc42)c2c1oc1ccccc12)N3c1ccccc1-c1ccccc1. The Balaban J connectivity index is 0.991. The summed E-state index contributed by atoms with van der Waals surface area (Å²) in [7, 11) is 0. The molecule has 2 aliphatic rings. The van der Waals surface area contributed by atoms with Gasteiger partial charge in [0.1, 0.15) is 11.2 Å². The van der Waals surface area contributed by atoms with Gasteiger partial charge in [-0.2, -0.15) is 0 Å². The molecular formula is C108H100BN5O. The summed E-state index contributed by atoms with van der Waals surface area (Å²) in [5.41, 5.74) is 33.5. The molecule has 0 fully saturated rings. The van der Waals surface area contributed by atoms with Crippen LogP contribution in [0.15, 0.2) is 283 Å². The number of nitrogens with zero attached hydrogens (tertiary/aromatic N) is 5. The minimum Gasteiger partial charge on any atom is -0.456 e. The van der Waals surface area contributed by atoms with E-state index in [2.05, 4.69) is 427 Å². The first-order valence-electron chi connectivity index (χ1n) is 41.3. The average molecular weight is 1490 g/mol. The van der Waals surface area contributed by atoms with Gasteiger partial charge >= 0.3 is 0 Å². The molecule has 18 aromatic rings. The molecule has 14 aromatic carbocycles. The maximum absolute atomic E-state index is 7.98. The number of furan rings is 1. The van der Waals surface area contributed by atoms with Gasteiger partial charge in [0, 0.05) is 77.3 Å². The van der Waals surface area contributed by atoms with Crippen LogP contribution in [0.1, 0.15) is 158 Å². The molecule has 0 saturated heterocycles. The molecule has 0 aliphatic carbocycles. The molecule has 0 radical (unpaired) electrons. The van der Waals surface area contributed by atoms with Gasteiger partial charge in [-0.25, -0.2) is 0 Å². The summed E-state index contributed by atoms with van der Waals surface area (Å²) in [5, 5.41) is 9.57. The van der Waals surface area contributed by atoms with E-state index in [9.17, 15) is 0 Å². The van der Waals surface area contributed by atoms with Crippen LogP contribution in [-0.2, 0) is 32.5 Å². The van der Waals surface area contributed by atoms with E-state index in [0.717, 1.165) is 123 Å². The fraction of sp³-hybridized carbons (Fsp3) is 0.222. The Morgan fingerprint density at radius 2 is 0.574 bits per heavy atom. The van der Waals surface area contributed by atoms with Crippen molar-refractivity contribution < 1.29 is 4.42 Å². The minimum absolute atomic E-state index is 0.0744. The molecule has 0 bridgehead atoms. The first kappa shape index (κ1) is 71.9. The molecule has 20 rings (SSSR count). The summed E-state index contributed by atoms with van der Waals surface area (Å²) in [4.78, 5) is 5.33. The molecular weight excluding hydrogens is 1390 g/mol. The van der Waals surface area contributed by atoms with E-state index in [-0.39, 0.29) is 32.5 Å². The molecule has 0 unspecified atom stereocenters. The Hall–Kier alpha value is -12.1. The molecule has 6 nitrogen and oxygen atoms in total. The van der Waals surface area contributed by atoms with E-state index in [4.69, 9.17) is 4.42 Å². The van der Waals surface area contributed by atoms with Crippen LogP contribution in [0.5, 0.6) is 0 Å². The second-order valence-corrected chi connectivity index (χ2v) is 39.0. The fourth-order valence-corrected chi connectivity index (χ4v) is 19.0. The number of aromatic nitrogens is 3. The zero-order valence-electron chi connectivity index (χ0n) is 69.8.